The summed E-state index contributed by atoms with van der Waals surface area (Å²) < 4.78 is 50.9. The molecule has 0 aromatic heterocycles. The lowest BCUT2D eigenvalue weighted by Crippen LogP contribution is -2.03. The lowest BCUT2D eigenvalue weighted by atomic mass is 10.0. The van der Waals surface area contributed by atoms with Crippen molar-refractivity contribution in [2.75, 3.05) is 0 Å². The molecule has 74 valence electrons. The largest absolute Gasteiger partial charge is 0.204 e. The number of terminal acetylenes is 1. The average molecular weight is 202 g/mol. The highest BCUT2D eigenvalue weighted by Crippen LogP contribution is 2.24. The first kappa shape index (κ1) is 10.6. The Labute approximate surface area is 78.6 Å². The molecule has 0 bridgehead atoms. The van der Waals surface area contributed by atoms with Gasteiger partial charge in [0.05, 0.1) is 0 Å². The van der Waals surface area contributed by atoms with Crippen LogP contribution in [0, 0.1) is 35.6 Å². The van der Waals surface area contributed by atoms with Gasteiger partial charge in [-0.2, -0.15) is 0 Å². The summed E-state index contributed by atoms with van der Waals surface area (Å²) in [5.41, 5.74) is -0.358. The molecule has 0 saturated heterocycles. The molecular weight excluding hydrogens is 196 g/mol. The zero-order valence-corrected chi connectivity index (χ0v) is 7.24. The number of rotatable bonds is 1. The van der Waals surface area contributed by atoms with Crippen LogP contribution in [-0.4, -0.2) is 0 Å². The fraction of sp³-hybridized carbons (Fsp3) is 0.200. The van der Waals surface area contributed by atoms with Crippen LogP contribution in [0.15, 0.2) is 6.07 Å². The van der Waals surface area contributed by atoms with Gasteiger partial charge in [-0.25, -0.2) is 17.6 Å². The van der Waals surface area contributed by atoms with Gasteiger partial charge >= 0.3 is 0 Å². The zero-order chi connectivity index (χ0) is 10.9. The van der Waals surface area contributed by atoms with Gasteiger partial charge in [0.25, 0.3) is 0 Å². The molecule has 0 spiro atoms. The summed E-state index contributed by atoms with van der Waals surface area (Å²) >= 11 is 0. The molecule has 0 saturated carbocycles. The summed E-state index contributed by atoms with van der Waals surface area (Å²) in [5.74, 6) is -5.24. The third kappa shape index (κ3) is 1.58. The highest BCUT2D eigenvalue weighted by Gasteiger charge is 2.20. The number of hydrogen-bond acceptors (Lipinski definition) is 0. The molecule has 4 heteroatoms. The molecule has 0 amide bonds. The molecule has 1 aromatic rings. The van der Waals surface area contributed by atoms with Crippen molar-refractivity contribution in [1.29, 1.82) is 0 Å². The lowest BCUT2D eigenvalue weighted by Gasteiger charge is -2.07. The molecule has 1 atom stereocenters. The van der Waals surface area contributed by atoms with Gasteiger partial charge in [0.2, 0.25) is 0 Å². The molecule has 1 unspecified atom stereocenters. The van der Waals surface area contributed by atoms with E-state index < -0.39 is 29.2 Å². The highest BCUT2D eigenvalue weighted by molar-refractivity contribution is 5.29. The van der Waals surface area contributed by atoms with Gasteiger partial charge in [-0.1, -0.05) is 5.92 Å². The zero-order valence-electron chi connectivity index (χ0n) is 7.24. The Bertz CT molecular complexity index is 404. The van der Waals surface area contributed by atoms with E-state index in [4.69, 9.17) is 6.42 Å². The first-order valence-corrected chi connectivity index (χ1v) is 3.78. The molecule has 1 rings (SSSR count). The quantitative estimate of drug-likeness (QED) is 0.284. The molecule has 14 heavy (non-hydrogen) atoms. The Morgan fingerprint density at radius 3 is 2.21 bits per heavy atom. The van der Waals surface area contributed by atoms with Gasteiger partial charge < -0.3 is 0 Å². The van der Waals surface area contributed by atoms with Gasteiger partial charge in [0.15, 0.2) is 23.3 Å². The van der Waals surface area contributed by atoms with Crippen LogP contribution in [0.1, 0.15) is 18.4 Å². The maximum Gasteiger partial charge on any atom is 0.197 e. The Balaban J connectivity index is 3.42. The average Bonchev–Trinajstić information content (AvgIpc) is 2.19. The molecule has 0 heterocycles. The molecule has 0 nitrogen and oxygen atoms in total. The minimum atomic E-state index is -1.83. The van der Waals surface area contributed by atoms with Crippen molar-refractivity contribution in [2.24, 2.45) is 0 Å². The monoisotopic (exact) mass is 202 g/mol. The van der Waals surface area contributed by atoms with Crippen molar-refractivity contribution in [3.05, 3.63) is 34.9 Å². The number of benzene rings is 1. The van der Waals surface area contributed by atoms with E-state index in [2.05, 4.69) is 5.92 Å². The Hall–Kier alpha value is -1.50. The molecule has 0 aliphatic heterocycles. The second-order valence-electron chi connectivity index (χ2n) is 2.78. The van der Waals surface area contributed by atoms with Crippen molar-refractivity contribution in [3.63, 3.8) is 0 Å². The molecule has 0 N–H and O–H groups in total. The number of hydrogen-bond donors (Lipinski definition) is 0. The third-order valence-electron chi connectivity index (χ3n) is 1.85. The smallest absolute Gasteiger partial charge is 0.197 e. The van der Waals surface area contributed by atoms with Crippen molar-refractivity contribution >= 4 is 0 Å². The second-order valence-corrected chi connectivity index (χ2v) is 2.78. The van der Waals surface area contributed by atoms with Crippen LogP contribution in [0.3, 0.4) is 0 Å². The first-order valence-electron chi connectivity index (χ1n) is 3.78. The summed E-state index contributed by atoms with van der Waals surface area (Å²) in [4.78, 5) is 0. The Morgan fingerprint density at radius 2 is 1.71 bits per heavy atom. The van der Waals surface area contributed by atoms with Crippen LogP contribution in [0.5, 0.6) is 0 Å². The van der Waals surface area contributed by atoms with Crippen LogP contribution < -0.4 is 0 Å². The molecule has 0 aliphatic carbocycles. The van der Waals surface area contributed by atoms with Crippen LogP contribution in [-0.2, 0) is 0 Å². The van der Waals surface area contributed by atoms with Crippen molar-refractivity contribution in [3.8, 4) is 12.3 Å². The molecule has 1 aromatic carbocycles. The second kappa shape index (κ2) is 3.70. The van der Waals surface area contributed by atoms with Crippen LogP contribution in [0.4, 0.5) is 17.6 Å². The number of halogens is 4. The predicted molar refractivity (Wildman–Crippen MR) is 43.5 cm³/mol. The fourth-order valence-electron chi connectivity index (χ4n) is 0.996. The summed E-state index contributed by atoms with van der Waals surface area (Å²) in [6.07, 6.45) is 4.96. The minimum Gasteiger partial charge on any atom is -0.204 e. The van der Waals surface area contributed by atoms with Crippen molar-refractivity contribution in [1.82, 2.24) is 0 Å². The van der Waals surface area contributed by atoms with E-state index in [1.807, 2.05) is 0 Å². The van der Waals surface area contributed by atoms with E-state index in [0.717, 1.165) is 0 Å². The van der Waals surface area contributed by atoms with Gasteiger partial charge in [0.1, 0.15) is 0 Å². The van der Waals surface area contributed by atoms with E-state index in [0.29, 0.717) is 6.07 Å². The van der Waals surface area contributed by atoms with E-state index in [1.54, 1.807) is 0 Å². The summed E-state index contributed by atoms with van der Waals surface area (Å²) in [6.45, 7) is 1.38. The lowest BCUT2D eigenvalue weighted by molar-refractivity contribution is 0.403. The summed E-state index contributed by atoms with van der Waals surface area (Å²) in [7, 11) is 0. The minimum absolute atomic E-state index is 0.358. The SMILES string of the molecule is C#CC(C)c1cc(F)c(F)c(F)c1F. The van der Waals surface area contributed by atoms with Crippen molar-refractivity contribution < 1.29 is 17.6 Å². The van der Waals surface area contributed by atoms with E-state index >= 15 is 0 Å². The van der Waals surface area contributed by atoms with Gasteiger partial charge in [0, 0.05) is 11.5 Å². The molecule has 0 fully saturated rings. The molecule has 0 aliphatic rings. The highest BCUT2D eigenvalue weighted by atomic mass is 19.2. The fourth-order valence-corrected chi connectivity index (χ4v) is 0.996. The Morgan fingerprint density at radius 1 is 1.14 bits per heavy atom. The first-order chi connectivity index (χ1) is 6.49. The van der Waals surface area contributed by atoms with Gasteiger partial charge in [-0.15, -0.1) is 6.42 Å². The van der Waals surface area contributed by atoms with Gasteiger partial charge in [-0.05, 0) is 13.0 Å². The summed E-state index contributed by atoms with van der Waals surface area (Å²) in [5, 5.41) is 0. The van der Waals surface area contributed by atoms with E-state index in [-0.39, 0.29) is 5.56 Å². The van der Waals surface area contributed by atoms with E-state index in [1.165, 1.54) is 6.92 Å². The predicted octanol–water partition coefficient (Wildman–Crippen LogP) is 2.98. The maximum absolute atomic E-state index is 13.0. The van der Waals surface area contributed by atoms with E-state index in [9.17, 15) is 17.6 Å². The normalized spacial score (nSPS) is 12.3. The Kier molecular flexibility index (Phi) is 2.80. The third-order valence-corrected chi connectivity index (χ3v) is 1.85. The van der Waals surface area contributed by atoms with Crippen LogP contribution in [0.2, 0.25) is 0 Å². The molecule has 0 radical (unpaired) electrons. The summed E-state index contributed by atoms with van der Waals surface area (Å²) in [6, 6.07) is 0.568. The topological polar surface area (TPSA) is 0 Å². The van der Waals surface area contributed by atoms with Gasteiger partial charge in [-0.3, -0.25) is 0 Å². The van der Waals surface area contributed by atoms with Crippen LogP contribution in [0.25, 0.3) is 0 Å². The van der Waals surface area contributed by atoms with Crippen LogP contribution >= 0.6 is 0 Å². The molecular formula is C10H6F4. The maximum atomic E-state index is 13.0. The standard InChI is InChI=1S/C10H6F4/c1-3-5(2)6-4-7(11)9(13)10(14)8(6)12/h1,4-5H,2H3. The van der Waals surface area contributed by atoms with Crippen molar-refractivity contribution in [2.45, 2.75) is 12.8 Å².